The first-order chi connectivity index (χ1) is 16.1. The molecule has 1 aromatic heterocycles. The van der Waals surface area contributed by atoms with Gasteiger partial charge in [-0.15, -0.1) is 0 Å². The van der Waals surface area contributed by atoms with E-state index < -0.39 is 29.4 Å². The molecular formula is C24H22F4N4O2. The molecule has 0 saturated heterocycles. The van der Waals surface area contributed by atoms with Gasteiger partial charge in [0.2, 0.25) is 5.91 Å². The lowest BCUT2D eigenvalue weighted by molar-refractivity contribution is -0.137. The Hall–Kier alpha value is -3.82. The van der Waals surface area contributed by atoms with Gasteiger partial charge in [-0.05, 0) is 42.3 Å². The Morgan fingerprint density at radius 2 is 1.74 bits per heavy atom. The summed E-state index contributed by atoms with van der Waals surface area (Å²) in [7, 11) is 0. The van der Waals surface area contributed by atoms with Gasteiger partial charge in [0.05, 0.1) is 17.5 Å². The molecular weight excluding hydrogens is 452 g/mol. The van der Waals surface area contributed by atoms with E-state index in [0.29, 0.717) is 16.8 Å². The quantitative estimate of drug-likeness (QED) is 0.495. The van der Waals surface area contributed by atoms with Crippen LogP contribution in [0.3, 0.4) is 0 Å². The molecule has 0 bridgehead atoms. The van der Waals surface area contributed by atoms with Gasteiger partial charge in [-0.1, -0.05) is 24.3 Å². The molecule has 0 aliphatic rings. The van der Waals surface area contributed by atoms with Gasteiger partial charge in [0.1, 0.15) is 11.5 Å². The van der Waals surface area contributed by atoms with Gasteiger partial charge in [0.15, 0.2) is 0 Å². The number of rotatable bonds is 8. The minimum absolute atomic E-state index is 0.0141. The average Bonchev–Trinajstić information content (AvgIpc) is 2.81. The molecule has 0 unspecified atom stereocenters. The number of alkyl halides is 3. The number of halogens is 4. The highest BCUT2D eigenvalue weighted by Crippen LogP contribution is 2.29. The average molecular weight is 474 g/mol. The third-order valence-corrected chi connectivity index (χ3v) is 4.93. The van der Waals surface area contributed by atoms with E-state index in [9.17, 15) is 27.2 Å². The molecule has 2 aromatic carbocycles. The first-order valence-corrected chi connectivity index (χ1v) is 10.4. The van der Waals surface area contributed by atoms with Crippen LogP contribution in [0, 0.1) is 12.7 Å². The van der Waals surface area contributed by atoms with E-state index in [-0.39, 0.29) is 31.7 Å². The summed E-state index contributed by atoms with van der Waals surface area (Å²) in [6, 6.07) is 10.3. The van der Waals surface area contributed by atoms with E-state index in [1.54, 1.807) is 6.92 Å². The number of carbonyl (C=O) groups is 2. The maximum Gasteiger partial charge on any atom is 0.416 e. The monoisotopic (exact) mass is 474 g/mol. The normalized spacial score (nSPS) is 11.2. The summed E-state index contributed by atoms with van der Waals surface area (Å²) in [4.78, 5) is 34.8. The van der Waals surface area contributed by atoms with Crippen molar-refractivity contribution in [2.75, 3.05) is 6.54 Å². The molecule has 3 aromatic rings. The van der Waals surface area contributed by atoms with Gasteiger partial charge in [0, 0.05) is 32.3 Å². The number of amides is 2. The third kappa shape index (κ3) is 7.09. The summed E-state index contributed by atoms with van der Waals surface area (Å²) in [5, 5.41) is 2.57. The van der Waals surface area contributed by atoms with Crippen LogP contribution in [-0.2, 0) is 24.1 Å². The molecule has 10 heteroatoms. The van der Waals surface area contributed by atoms with Crippen molar-refractivity contribution in [1.29, 1.82) is 0 Å². The number of hydrogen-bond donors (Lipinski definition) is 1. The van der Waals surface area contributed by atoms with Crippen molar-refractivity contribution in [1.82, 2.24) is 20.2 Å². The minimum atomic E-state index is -4.47. The molecule has 0 spiro atoms. The van der Waals surface area contributed by atoms with E-state index in [0.717, 1.165) is 12.1 Å². The molecule has 6 nitrogen and oxygen atoms in total. The van der Waals surface area contributed by atoms with Gasteiger partial charge in [-0.2, -0.15) is 13.2 Å². The Labute approximate surface area is 193 Å². The van der Waals surface area contributed by atoms with Crippen molar-refractivity contribution in [2.45, 2.75) is 32.6 Å². The van der Waals surface area contributed by atoms with E-state index in [1.807, 2.05) is 0 Å². The standard InChI is InChI=1S/C24H22F4N4O2/c1-16-12-30-21(14-29-16)23(34)32(15-17-5-7-20(25)8-6-17)10-9-22(33)31-13-18-3-2-4-19(11-18)24(26,27)28/h2-8,11-12,14H,9-10,13,15H2,1H3,(H,31,33). The Morgan fingerprint density at radius 3 is 2.38 bits per heavy atom. The van der Waals surface area contributed by atoms with Gasteiger partial charge in [-0.25, -0.2) is 9.37 Å². The summed E-state index contributed by atoms with van der Waals surface area (Å²) >= 11 is 0. The summed E-state index contributed by atoms with van der Waals surface area (Å²) in [6.45, 7) is 1.76. The molecule has 178 valence electrons. The van der Waals surface area contributed by atoms with Crippen LogP contribution in [0.15, 0.2) is 60.9 Å². The molecule has 0 saturated carbocycles. The van der Waals surface area contributed by atoms with Crippen LogP contribution in [0.2, 0.25) is 0 Å². The van der Waals surface area contributed by atoms with E-state index >= 15 is 0 Å². The lowest BCUT2D eigenvalue weighted by atomic mass is 10.1. The van der Waals surface area contributed by atoms with E-state index in [1.165, 1.54) is 53.7 Å². The molecule has 0 atom stereocenters. The number of hydrogen-bond acceptors (Lipinski definition) is 4. The topological polar surface area (TPSA) is 75.2 Å². The fourth-order valence-corrected chi connectivity index (χ4v) is 3.11. The highest BCUT2D eigenvalue weighted by atomic mass is 19.4. The van der Waals surface area contributed by atoms with Crippen LogP contribution in [-0.4, -0.2) is 33.2 Å². The van der Waals surface area contributed by atoms with Gasteiger partial charge >= 0.3 is 6.18 Å². The van der Waals surface area contributed by atoms with Crippen molar-refractivity contribution in [3.8, 4) is 0 Å². The molecule has 1 N–H and O–H groups in total. The zero-order valence-corrected chi connectivity index (χ0v) is 18.3. The number of aromatic nitrogens is 2. The zero-order valence-electron chi connectivity index (χ0n) is 18.3. The highest BCUT2D eigenvalue weighted by Gasteiger charge is 2.30. The largest absolute Gasteiger partial charge is 0.416 e. The molecule has 3 rings (SSSR count). The van der Waals surface area contributed by atoms with E-state index in [4.69, 9.17) is 0 Å². The lowest BCUT2D eigenvalue weighted by Gasteiger charge is -2.22. The number of aryl methyl sites for hydroxylation is 1. The van der Waals surface area contributed by atoms with Gasteiger partial charge in [0.25, 0.3) is 5.91 Å². The smallest absolute Gasteiger partial charge is 0.352 e. The van der Waals surface area contributed by atoms with Crippen molar-refractivity contribution in [3.63, 3.8) is 0 Å². The number of nitrogens with zero attached hydrogens (tertiary/aromatic N) is 3. The molecule has 0 aliphatic carbocycles. The number of carbonyl (C=O) groups excluding carboxylic acids is 2. The van der Waals surface area contributed by atoms with Crippen molar-refractivity contribution in [3.05, 3.63) is 94.8 Å². The molecule has 0 aliphatic heterocycles. The fraction of sp³-hybridized carbons (Fsp3) is 0.250. The Kier molecular flexibility index (Phi) is 7.93. The predicted octanol–water partition coefficient (Wildman–Crippen LogP) is 4.29. The second-order valence-corrected chi connectivity index (χ2v) is 7.62. The first-order valence-electron chi connectivity index (χ1n) is 10.4. The third-order valence-electron chi connectivity index (χ3n) is 4.93. The van der Waals surface area contributed by atoms with Crippen LogP contribution >= 0.6 is 0 Å². The Balaban J connectivity index is 1.64. The van der Waals surface area contributed by atoms with Crippen LogP contribution in [0.5, 0.6) is 0 Å². The number of nitrogens with one attached hydrogen (secondary N) is 1. The van der Waals surface area contributed by atoms with Crippen molar-refractivity contribution < 1.29 is 27.2 Å². The molecule has 2 amide bonds. The highest BCUT2D eigenvalue weighted by molar-refractivity contribution is 5.92. The van der Waals surface area contributed by atoms with Gasteiger partial charge < -0.3 is 10.2 Å². The maximum atomic E-state index is 13.2. The first kappa shape index (κ1) is 24.8. The minimum Gasteiger partial charge on any atom is -0.352 e. The van der Waals surface area contributed by atoms with E-state index in [2.05, 4.69) is 15.3 Å². The fourth-order valence-electron chi connectivity index (χ4n) is 3.11. The lowest BCUT2D eigenvalue weighted by Crippen LogP contribution is -2.35. The van der Waals surface area contributed by atoms with Crippen molar-refractivity contribution in [2.24, 2.45) is 0 Å². The zero-order chi connectivity index (χ0) is 24.7. The summed E-state index contributed by atoms with van der Waals surface area (Å²) in [5.41, 5.74) is 0.888. The Bertz CT molecular complexity index is 1130. The number of benzene rings is 2. The summed E-state index contributed by atoms with van der Waals surface area (Å²) in [5.74, 6) is -1.31. The summed E-state index contributed by atoms with van der Waals surface area (Å²) in [6.07, 6.45) is -1.78. The molecule has 0 fully saturated rings. The predicted molar refractivity (Wildman–Crippen MR) is 116 cm³/mol. The van der Waals surface area contributed by atoms with Crippen LogP contribution in [0.4, 0.5) is 17.6 Å². The maximum absolute atomic E-state index is 13.2. The second-order valence-electron chi connectivity index (χ2n) is 7.62. The SMILES string of the molecule is Cc1cnc(C(=O)N(CCC(=O)NCc2cccc(C(F)(F)F)c2)Cc2ccc(F)cc2)cn1. The molecule has 1 heterocycles. The van der Waals surface area contributed by atoms with Gasteiger partial charge in [-0.3, -0.25) is 14.6 Å². The molecule has 0 radical (unpaired) electrons. The summed E-state index contributed by atoms with van der Waals surface area (Å²) < 4.78 is 51.8. The Morgan fingerprint density at radius 1 is 1.00 bits per heavy atom. The van der Waals surface area contributed by atoms with Crippen molar-refractivity contribution >= 4 is 11.8 Å². The molecule has 34 heavy (non-hydrogen) atoms. The second kappa shape index (κ2) is 10.9. The van der Waals surface area contributed by atoms with Crippen LogP contribution in [0.1, 0.15) is 39.3 Å². The van der Waals surface area contributed by atoms with Crippen LogP contribution in [0.25, 0.3) is 0 Å². The van der Waals surface area contributed by atoms with Crippen LogP contribution < -0.4 is 5.32 Å².